The van der Waals surface area contributed by atoms with Crippen molar-refractivity contribution in [3.05, 3.63) is 72.7 Å². The number of hydrogen-bond acceptors (Lipinski definition) is 10. The molecule has 44 heavy (non-hydrogen) atoms. The molecule has 1 atom stereocenters. The number of rotatable bonds is 9. The van der Waals surface area contributed by atoms with E-state index in [-0.39, 0.29) is 34.7 Å². The summed E-state index contributed by atoms with van der Waals surface area (Å²) >= 11 is 0. The number of carbonyl (C=O) groups excluding carboxylic acids is 1. The predicted octanol–water partition coefficient (Wildman–Crippen LogP) is 5.42. The third-order valence-electron chi connectivity index (χ3n) is 7.46. The maximum atomic E-state index is 14.9. The highest BCUT2D eigenvalue weighted by Gasteiger charge is 2.22. The second-order valence-corrected chi connectivity index (χ2v) is 10.3. The zero-order valence-electron chi connectivity index (χ0n) is 27.2. The van der Waals surface area contributed by atoms with Crippen LogP contribution in [-0.2, 0) is 4.79 Å². The number of hydrogen-bond donors (Lipinski definition) is 2. The molecule has 13 heteroatoms. The fourth-order valence-corrected chi connectivity index (χ4v) is 5.10. The first-order valence-electron chi connectivity index (χ1n) is 15.3. The number of likely N-dealkylation sites (N-methyl/N-ethyl adjacent to an activating group) is 1. The predicted molar refractivity (Wildman–Crippen MR) is 164 cm³/mol. The van der Waals surface area contributed by atoms with Crippen LogP contribution in [0.4, 0.5) is 21.6 Å². The Balaban J connectivity index is 1.33. The van der Waals surface area contributed by atoms with Crippen LogP contribution in [0.3, 0.4) is 0 Å². The Labute approximate surface area is 256 Å². The van der Waals surface area contributed by atoms with E-state index < -0.39 is 18.8 Å². The minimum atomic E-state index is -2.78. The van der Waals surface area contributed by atoms with Gasteiger partial charge >= 0.3 is 0 Å². The summed E-state index contributed by atoms with van der Waals surface area (Å²) in [7, 11) is 0.523. The van der Waals surface area contributed by atoms with Crippen molar-refractivity contribution in [3.8, 4) is 23.0 Å². The van der Waals surface area contributed by atoms with E-state index in [2.05, 4.69) is 30.7 Å². The lowest BCUT2D eigenvalue weighted by Gasteiger charge is -2.17. The first-order chi connectivity index (χ1) is 22.5. The monoisotopic (exact) mass is 601 g/mol. The van der Waals surface area contributed by atoms with Gasteiger partial charge in [0, 0.05) is 35.8 Å². The largest absolute Gasteiger partial charge is 0.494 e. The number of amides is 1. The van der Waals surface area contributed by atoms with Crippen LogP contribution >= 0.6 is 0 Å². The number of ether oxygens (including phenoxy) is 3. The van der Waals surface area contributed by atoms with Crippen molar-refractivity contribution in [2.75, 3.05) is 38.4 Å². The molecule has 0 spiro atoms. The number of nitrogens with zero attached hydrogens (tertiary/aromatic N) is 6. The van der Waals surface area contributed by atoms with E-state index in [0.717, 1.165) is 19.4 Å². The Kier molecular flexibility index (Phi) is 6.95. The molecule has 1 saturated heterocycles. The van der Waals surface area contributed by atoms with Gasteiger partial charge in [-0.25, -0.2) is 23.9 Å². The van der Waals surface area contributed by atoms with Gasteiger partial charge in [-0.1, -0.05) is 0 Å². The lowest BCUT2D eigenvalue weighted by molar-refractivity contribution is -0.114. The van der Waals surface area contributed by atoms with Gasteiger partial charge in [-0.05, 0) is 63.2 Å². The highest BCUT2D eigenvalue weighted by molar-refractivity contribution is 6.05. The molecule has 4 heterocycles. The van der Waals surface area contributed by atoms with Crippen LogP contribution in [0.25, 0.3) is 16.6 Å². The zero-order chi connectivity index (χ0) is 33.3. The van der Waals surface area contributed by atoms with Crippen LogP contribution in [0.2, 0.25) is 0 Å². The summed E-state index contributed by atoms with van der Waals surface area (Å²) in [4.78, 5) is 27.7. The number of likely N-dealkylation sites (tertiary alicyclic amines) is 1. The average molecular weight is 602 g/mol. The van der Waals surface area contributed by atoms with Crippen molar-refractivity contribution in [1.29, 1.82) is 0 Å². The average Bonchev–Trinajstić information content (AvgIpc) is 3.66. The van der Waals surface area contributed by atoms with Crippen molar-refractivity contribution in [2.45, 2.75) is 25.8 Å². The molecule has 12 nitrogen and oxygen atoms in total. The summed E-state index contributed by atoms with van der Waals surface area (Å²) in [6.07, 6.45) is 7.44. The van der Waals surface area contributed by atoms with Crippen LogP contribution in [0.1, 0.15) is 22.5 Å². The summed E-state index contributed by atoms with van der Waals surface area (Å²) in [5, 5.41) is 10.2. The topological polar surface area (TPSA) is 128 Å². The Morgan fingerprint density at radius 1 is 1.09 bits per heavy atom. The molecule has 0 aliphatic carbocycles. The van der Waals surface area contributed by atoms with Gasteiger partial charge in [-0.2, -0.15) is 5.10 Å². The number of fused-ring (bicyclic) bond motifs is 2. The molecule has 0 bridgehead atoms. The lowest BCUT2D eigenvalue weighted by atomic mass is 10.1. The quantitative estimate of drug-likeness (QED) is 0.211. The standard InChI is InChI=1S/C31H31FN8O4/c1-18-10-24(28(43-4)15-26(18)44-20-7-9-40-29(12-20)34-17-36-40)37-30-21-13-25(27(42-3)14-23(21)33-16-35-30)38-31(41)22(32)11-19-6-5-8-39(19)2/h7,9-17,19H,5-6,8H2,1-4H3,(H,38,41)(H,33,35,37)/i4D3. The van der Waals surface area contributed by atoms with E-state index in [0.29, 0.717) is 33.6 Å². The maximum absolute atomic E-state index is 14.9. The number of pyridine rings is 1. The molecule has 2 aromatic carbocycles. The van der Waals surface area contributed by atoms with Gasteiger partial charge in [0.25, 0.3) is 5.91 Å². The summed E-state index contributed by atoms with van der Waals surface area (Å²) in [5.74, 6) is -0.532. The van der Waals surface area contributed by atoms with Crippen molar-refractivity contribution >= 4 is 39.6 Å². The number of methoxy groups -OCH3 is 2. The van der Waals surface area contributed by atoms with Gasteiger partial charge < -0.3 is 24.8 Å². The summed E-state index contributed by atoms with van der Waals surface area (Å²) in [6, 6.07) is 9.49. The van der Waals surface area contributed by atoms with E-state index in [9.17, 15) is 9.18 Å². The number of benzene rings is 2. The van der Waals surface area contributed by atoms with E-state index >= 15 is 0 Å². The fraction of sp³-hybridized carbons (Fsp3) is 0.258. The number of anilines is 3. The molecule has 226 valence electrons. The van der Waals surface area contributed by atoms with Crippen LogP contribution in [-0.4, -0.2) is 69.2 Å². The third-order valence-corrected chi connectivity index (χ3v) is 7.46. The van der Waals surface area contributed by atoms with Crippen molar-refractivity contribution in [2.24, 2.45) is 0 Å². The number of halogens is 1. The van der Waals surface area contributed by atoms with Gasteiger partial charge in [-0.3, -0.25) is 9.69 Å². The SMILES string of the molecule is [2H]C([2H])([2H])Oc1cc(Oc2ccn3ncnc3c2)c(C)cc1Nc1ncnc2cc(OC)c(NC(=O)C(F)=CC3CCCN3C)cc12. The Morgan fingerprint density at radius 3 is 2.75 bits per heavy atom. The van der Waals surface area contributed by atoms with E-state index in [1.807, 2.05) is 11.9 Å². The lowest BCUT2D eigenvalue weighted by Crippen LogP contribution is -2.24. The Hall–Kier alpha value is -5.30. The minimum Gasteiger partial charge on any atom is -0.494 e. The molecule has 1 aliphatic heterocycles. The van der Waals surface area contributed by atoms with Gasteiger partial charge in [0.2, 0.25) is 0 Å². The Bertz CT molecular complexity index is 2000. The van der Waals surface area contributed by atoms with Crippen LogP contribution < -0.4 is 24.8 Å². The second-order valence-electron chi connectivity index (χ2n) is 10.3. The number of aryl methyl sites for hydroxylation is 1. The molecule has 1 aliphatic rings. The molecule has 1 amide bonds. The van der Waals surface area contributed by atoms with Crippen molar-refractivity contribution in [3.63, 3.8) is 0 Å². The molecule has 2 N–H and O–H groups in total. The molecule has 0 radical (unpaired) electrons. The van der Waals surface area contributed by atoms with E-state index in [1.165, 1.54) is 31.9 Å². The zero-order valence-corrected chi connectivity index (χ0v) is 24.2. The number of nitrogens with one attached hydrogen (secondary N) is 2. The Morgan fingerprint density at radius 2 is 1.95 bits per heavy atom. The van der Waals surface area contributed by atoms with Crippen molar-refractivity contribution < 1.29 is 27.5 Å². The highest BCUT2D eigenvalue weighted by Crippen LogP contribution is 2.39. The normalized spacial score (nSPS) is 16.8. The molecular weight excluding hydrogens is 567 g/mol. The molecule has 6 rings (SSSR count). The van der Waals surface area contributed by atoms with Gasteiger partial charge in [0.05, 0.1) is 35.2 Å². The van der Waals surface area contributed by atoms with Gasteiger partial charge in [0.1, 0.15) is 41.5 Å². The molecular formula is C31H31FN8O4. The van der Waals surface area contributed by atoms with Crippen molar-refractivity contribution in [1.82, 2.24) is 29.5 Å². The van der Waals surface area contributed by atoms with Crippen LogP contribution in [0.15, 0.2) is 67.2 Å². The molecule has 1 fully saturated rings. The molecule has 5 aromatic rings. The fourth-order valence-electron chi connectivity index (χ4n) is 5.10. The molecule has 3 aromatic heterocycles. The summed E-state index contributed by atoms with van der Waals surface area (Å²) in [5.41, 5.74) is 2.12. The molecule has 0 saturated carbocycles. The summed E-state index contributed by atoms with van der Waals surface area (Å²) in [6.45, 7) is 2.62. The smallest absolute Gasteiger partial charge is 0.284 e. The molecule has 1 unspecified atom stereocenters. The van der Waals surface area contributed by atoms with E-state index in [4.69, 9.17) is 18.3 Å². The maximum Gasteiger partial charge on any atom is 0.284 e. The number of aromatic nitrogens is 5. The number of carbonyl (C=O) groups is 1. The van der Waals surface area contributed by atoms with Gasteiger partial charge in [-0.15, -0.1) is 0 Å². The summed E-state index contributed by atoms with van der Waals surface area (Å²) < 4.78 is 56.7. The van der Waals surface area contributed by atoms with E-state index in [1.54, 1.807) is 48.0 Å². The first-order valence-corrected chi connectivity index (χ1v) is 13.8. The van der Waals surface area contributed by atoms with Crippen LogP contribution in [0.5, 0.6) is 23.0 Å². The van der Waals surface area contributed by atoms with Crippen LogP contribution in [0, 0.1) is 6.92 Å². The second kappa shape index (κ2) is 12.1. The third kappa shape index (κ3) is 5.81. The van der Waals surface area contributed by atoms with Gasteiger partial charge in [0.15, 0.2) is 11.5 Å². The highest BCUT2D eigenvalue weighted by atomic mass is 19.1. The minimum absolute atomic E-state index is 0.0351. The first kappa shape index (κ1) is 25.2.